The lowest BCUT2D eigenvalue weighted by atomic mass is 10.0. The van der Waals surface area contributed by atoms with Gasteiger partial charge in [-0.05, 0) is 55.7 Å². The summed E-state index contributed by atoms with van der Waals surface area (Å²) in [4.78, 5) is 15.1. The molecule has 2 aromatic rings. The fraction of sp³-hybridized carbons (Fsp3) is 0.458. The standard InChI is InChI=1S/C24H33N3O5S/c1-16-7-6-8-20(11-16)33(29,30)26-19-9-10-22-21(12-19)24(28)27(4)14-23(31-5)17(2)13-25-18(3)15-32-22/h6-12,17-18,23,25-26H,13-15H2,1-5H3/t17-,18-,23-/m0/s1. The van der Waals surface area contributed by atoms with Crippen LogP contribution in [0.2, 0.25) is 0 Å². The number of benzene rings is 2. The van der Waals surface area contributed by atoms with E-state index in [1.165, 1.54) is 12.1 Å². The Balaban J connectivity index is 1.94. The van der Waals surface area contributed by atoms with Gasteiger partial charge in [-0.2, -0.15) is 0 Å². The van der Waals surface area contributed by atoms with E-state index >= 15 is 0 Å². The average molecular weight is 476 g/mol. The number of hydrogen-bond acceptors (Lipinski definition) is 6. The van der Waals surface area contributed by atoms with Gasteiger partial charge in [-0.15, -0.1) is 0 Å². The number of fused-ring (bicyclic) bond motifs is 1. The number of amides is 1. The number of sulfonamides is 1. The summed E-state index contributed by atoms with van der Waals surface area (Å²) in [6.07, 6.45) is -0.148. The average Bonchev–Trinajstić information content (AvgIpc) is 2.78. The highest BCUT2D eigenvalue weighted by atomic mass is 32.2. The van der Waals surface area contributed by atoms with Crippen molar-refractivity contribution in [1.82, 2.24) is 10.2 Å². The van der Waals surface area contributed by atoms with Crippen LogP contribution in [0.4, 0.5) is 5.69 Å². The zero-order chi connectivity index (χ0) is 24.2. The quantitative estimate of drug-likeness (QED) is 0.706. The first-order chi connectivity index (χ1) is 15.6. The summed E-state index contributed by atoms with van der Waals surface area (Å²) in [6.45, 7) is 7.41. The first-order valence-electron chi connectivity index (χ1n) is 11.0. The fourth-order valence-electron chi connectivity index (χ4n) is 3.72. The van der Waals surface area contributed by atoms with Gasteiger partial charge >= 0.3 is 0 Å². The Kier molecular flexibility index (Phi) is 7.99. The van der Waals surface area contributed by atoms with Crippen LogP contribution in [-0.2, 0) is 14.8 Å². The van der Waals surface area contributed by atoms with Gasteiger partial charge in [0.1, 0.15) is 12.4 Å². The van der Waals surface area contributed by atoms with Crippen molar-refractivity contribution in [3.63, 3.8) is 0 Å². The molecule has 0 aromatic heterocycles. The molecule has 0 saturated heterocycles. The summed E-state index contributed by atoms with van der Waals surface area (Å²) in [7, 11) is -0.460. The van der Waals surface area contributed by atoms with Crippen LogP contribution >= 0.6 is 0 Å². The van der Waals surface area contributed by atoms with Crippen LogP contribution in [-0.4, -0.2) is 65.2 Å². The predicted octanol–water partition coefficient (Wildman–Crippen LogP) is 2.89. The molecular weight excluding hydrogens is 442 g/mol. The summed E-state index contributed by atoms with van der Waals surface area (Å²) < 4.78 is 39.9. The largest absolute Gasteiger partial charge is 0.491 e. The molecule has 0 fully saturated rings. The van der Waals surface area contributed by atoms with E-state index in [9.17, 15) is 13.2 Å². The van der Waals surface area contributed by atoms with E-state index < -0.39 is 10.0 Å². The molecule has 9 heteroatoms. The van der Waals surface area contributed by atoms with Crippen LogP contribution in [0.3, 0.4) is 0 Å². The second-order valence-corrected chi connectivity index (χ2v) is 10.4. The van der Waals surface area contributed by atoms with Gasteiger partial charge in [0.15, 0.2) is 0 Å². The van der Waals surface area contributed by atoms with Crippen molar-refractivity contribution in [2.45, 2.75) is 37.8 Å². The number of hydrogen-bond donors (Lipinski definition) is 2. The number of likely N-dealkylation sites (N-methyl/N-ethyl adjacent to an activating group) is 1. The molecule has 1 heterocycles. The van der Waals surface area contributed by atoms with Gasteiger partial charge in [-0.1, -0.05) is 19.1 Å². The molecule has 8 nitrogen and oxygen atoms in total. The molecule has 1 aliphatic heterocycles. The first-order valence-corrected chi connectivity index (χ1v) is 12.5. The topological polar surface area (TPSA) is 97.0 Å². The van der Waals surface area contributed by atoms with Gasteiger partial charge in [0, 0.05) is 39.0 Å². The third-order valence-corrected chi connectivity index (χ3v) is 7.16. The van der Waals surface area contributed by atoms with Crippen molar-refractivity contribution >= 4 is 21.6 Å². The smallest absolute Gasteiger partial charge is 0.261 e. The van der Waals surface area contributed by atoms with Crippen molar-refractivity contribution in [1.29, 1.82) is 0 Å². The van der Waals surface area contributed by atoms with E-state index in [0.717, 1.165) is 12.1 Å². The van der Waals surface area contributed by atoms with Gasteiger partial charge in [0.05, 0.1) is 16.6 Å². The molecule has 1 amide bonds. The zero-order valence-electron chi connectivity index (χ0n) is 19.8. The molecule has 1 aliphatic rings. The Morgan fingerprint density at radius 3 is 2.64 bits per heavy atom. The van der Waals surface area contributed by atoms with Gasteiger partial charge in [-0.25, -0.2) is 8.42 Å². The fourth-order valence-corrected chi connectivity index (χ4v) is 4.87. The number of rotatable bonds is 4. The highest BCUT2D eigenvalue weighted by molar-refractivity contribution is 7.92. The molecule has 0 unspecified atom stereocenters. The zero-order valence-corrected chi connectivity index (χ0v) is 20.6. The van der Waals surface area contributed by atoms with E-state index in [1.807, 2.05) is 19.9 Å². The minimum atomic E-state index is -3.81. The van der Waals surface area contributed by atoms with Crippen LogP contribution in [0, 0.1) is 12.8 Å². The Morgan fingerprint density at radius 1 is 1.18 bits per heavy atom. The summed E-state index contributed by atoms with van der Waals surface area (Å²) >= 11 is 0. The van der Waals surface area contributed by atoms with Crippen LogP contribution < -0.4 is 14.8 Å². The van der Waals surface area contributed by atoms with E-state index in [0.29, 0.717) is 18.9 Å². The van der Waals surface area contributed by atoms with Gasteiger partial charge < -0.3 is 19.7 Å². The third kappa shape index (κ3) is 6.25. The maximum Gasteiger partial charge on any atom is 0.261 e. The summed E-state index contributed by atoms with van der Waals surface area (Å²) in [5.74, 6) is 0.317. The maximum atomic E-state index is 13.3. The molecule has 0 aliphatic carbocycles. The summed E-state index contributed by atoms with van der Waals surface area (Å²) in [5, 5.41) is 3.44. The minimum absolute atomic E-state index is 0.0598. The Bertz CT molecular complexity index is 1090. The van der Waals surface area contributed by atoms with Gasteiger partial charge in [0.2, 0.25) is 0 Å². The normalized spacial score (nSPS) is 22.5. The molecule has 33 heavy (non-hydrogen) atoms. The second-order valence-electron chi connectivity index (χ2n) is 8.69. The number of ether oxygens (including phenoxy) is 2. The van der Waals surface area contributed by atoms with Crippen molar-refractivity contribution in [3.05, 3.63) is 53.6 Å². The molecule has 180 valence electrons. The lowest BCUT2D eigenvalue weighted by molar-refractivity contribution is 0.0281. The Morgan fingerprint density at radius 2 is 1.94 bits per heavy atom. The van der Waals surface area contributed by atoms with E-state index in [-0.39, 0.29) is 40.1 Å². The SMILES string of the molecule is CO[C@H]1CN(C)C(=O)c2cc(NS(=O)(=O)c3cccc(C)c3)ccc2OC[C@H](C)NC[C@@H]1C. The van der Waals surface area contributed by atoms with Gasteiger partial charge in [-0.3, -0.25) is 9.52 Å². The number of carbonyl (C=O) groups excluding carboxylic acids is 1. The molecule has 0 spiro atoms. The maximum absolute atomic E-state index is 13.3. The number of nitrogens with zero attached hydrogens (tertiary/aromatic N) is 1. The van der Waals surface area contributed by atoms with Crippen LogP contribution in [0.5, 0.6) is 5.75 Å². The van der Waals surface area contributed by atoms with E-state index in [2.05, 4.69) is 17.0 Å². The Labute approximate surface area is 196 Å². The number of aryl methyl sites for hydroxylation is 1. The van der Waals surface area contributed by atoms with Crippen LogP contribution in [0.25, 0.3) is 0 Å². The molecule has 2 N–H and O–H groups in total. The highest BCUT2D eigenvalue weighted by Gasteiger charge is 2.26. The van der Waals surface area contributed by atoms with Crippen molar-refractivity contribution in [2.24, 2.45) is 5.92 Å². The predicted molar refractivity (Wildman–Crippen MR) is 128 cm³/mol. The number of methoxy groups -OCH3 is 1. The number of carbonyl (C=O) groups is 1. The second kappa shape index (κ2) is 10.5. The number of nitrogens with one attached hydrogen (secondary N) is 2. The number of anilines is 1. The van der Waals surface area contributed by atoms with Crippen LogP contribution in [0.15, 0.2) is 47.4 Å². The third-order valence-electron chi connectivity index (χ3n) is 5.78. The van der Waals surface area contributed by atoms with Crippen LogP contribution in [0.1, 0.15) is 29.8 Å². The summed E-state index contributed by atoms with van der Waals surface area (Å²) in [5.41, 5.74) is 1.41. The van der Waals surface area contributed by atoms with Crippen molar-refractivity contribution in [3.8, 4) is 5.75 Å². The van der Waals surface area contributed by atoms with E-state index in [1.54, 1.807) is 43.3 Å². The van der Waals surface area contributed by atoms with Gasteiger partial charge in [0.25, 0.3) is 15.9 Å². The highest BCUT2D eigenvalue weighted by Crippen LogP contribution is 2.27. The molecule has 3 rings (SSSR count). The molecule has 0 radical (unpaired) electrons. The van der Waals surface area contributed by atoms with Crippen molar-refractivity contribution < 1.29 is 22.7 Å². The molecular formula is C24H33N3O5S. The lowest BCUT2D eigenvalue weighted by Gasteiger charge is -2.30. The molecule has 0 saturated carbocycles. The molecule has 3 atom stereocenters. The molecule has 2 aromatic carbocycles. The lowest BCUT2D eigenvalue weighted by Crippen LogP contribution is -2.44. The van der Waals surface area contributed by atoms with Crippen molar-refractivity contribution in [2.75, 3.05) is 38.6 Å². The monoisotopic (exact) mass is 475 g/mol. The first kappa shape index (κ1) is 25.0. The summed E-state index contributed by atoms with van der Waals surface area (Å²) in [6, 6.07) is 11.5. The Hall–Kier alpha value is -2.62. The molecule has 0 bridgehead atoms. The van der Waals surface area contributed by atoms with E-state index in [4.69, 9.17) is 9.47 Å². The minimum Gasteiger partial charge on any atom is -0.491 e.